The number of nitrogens with one attached hydrogen (secondary N) is 1. The first kappa shape index (κ1) is 18.2. The molecule has 1 aliphatic heterocycles. The monoisotopic (exact) mass is 370 g/mol. The van der Waals surface area contributed by atoms with Crippen LogP contribution in [-0.2, 0) is 17.9 Å². The zero-order chi connectivity index (χ0) is 18.8. The van der Waals surface area contributed by atoms with E-state index in [9.17, 15) is 4.79 Å². The van der Waals surface area contributed by atoms with E-state index in [4.69, 9.17) is 0 Å². The number of carbonyl (C=O) groups excluding carboxylic acids is 1. The van der Waals surface area contributed by atoms with E-state index in [2.05, 4.69) is 51.2 Å². The fourth-order valence-electron chi connectivity index (χ4n) is 3.83. The fraction of sp³-hybridized carbons (Fsp3) is 0.650. The minimum atomic E-state index is 0.201. The minimum absolute atomic E-state index is 0.201. The van der Waals surface area contributed by atoms with Gasteiger partial charge in [0.25, 0.3) is 0 Å². The number of hydrogen-bond acceptors (Lipinski definition) is 4. The number of aromatic nitrogens is 4. The van der Waals surface area contributed by atoms with Crippen molar-refractivity contribution in [3.05, 3.63) is 35.9 Å². The lowest BCUT2D eigenvalue weighted by molar-refractivity contribution is -0.121. The summed E-state index contributed by atoms with van der Waals surface area (Å²) in [5, 5.41) is 12.1. The van der Waals surface area contributed by atoms with Crippen molar-refractivity contribution in [3.63, 3.8) is 0 Å². The first-order valence-corrected chi connectivity index (χ1v) is 10.1. The highest BCUT2D eigenvalue weighted by Gasteiger charge is 2.27. The smallest absolute Gasteiger partial charge is 0.220 e. The van der Waals surface area contributed by atoms with Gasteiger partial charge in [-0.05, 0) is 45.1 Å². The summed E-state index contributed by atoms with van der Waals surface area (Å²) < 4.78 is 4.15. The molecule has 2 aromatic rings. The second kappa shape index (κ2) is 7.84. The molecule has 7 heteroatoms. The molecule has 1 unspecified atom stereocenters. The summed E-state index contributed by atoms with van der Waals surface area (Å²) in [4.78, 5) is 14.4. The van der Waals surface area contributed by atoms with Gasteiger partial charge < -0.3 is 5.32 Å². The Kier molecular flexibility index (Phi) is 5.29. The molecule has 1 amide bonds. The average Bonchev–Trinajstić information content (AvgIpc) is 3.11. The van der Waals surface area contributed by atoms with Gasteiger partial charge >= 0.3 is 0 Å². The summed E-state index contributed by atoms with van der Waals surface area (Å²) in [5.41, 5.74) is 2.49. The van der Waals surface area contributed by atoms with Crippen LogP contribution in [0.5, 0.6) is 0 Å². The normalized spacial score (nSPS) is 20.0. The largest absolute Gasteiger partial charge is 0.356 e. The summed E-state index contributed by atoms with van der Waals surface area (Å²) in [6.45, 7) is 7.74. The van der Waals surface area contributed by atoms with Gasteiger partial charge in [0, 0.05) is 56.6 Å². The molecule has 1 saturated carbocycles. The third-order valence-electron chi connectivity index (χ3n) is 5.51. The molecule has 2 aromatic heterocycles. The Hall–Kier alpha value is -2.15. The first-order valence-electron chi connectivity index (χ1n) is 10.1. The molecule has 1 fully saturated rings. The molecule has 1 aliphatic carbocycles. The van der Waals surface area contributed by atoms with Crippen molar-refractivity contribution in [2.24, 2.45) is 5.92 Å². The highest BCUT2D eigenvalue weighted by atomic mass is 16.1. The van der Waals surface area contributed by atoms with Gasteiger partial charge in [0.15, 0.2) is 0 Å². The number of hydrogen-bond donors (Lipinski definition) is 1. The van der Waals surface area contributed by atoms with Crippen LogP contribution < -0.4 is 5.32 Å². The third kappa shape index (κ3) is 4.58. The maximum absolute atomic E-state index is 11.9. The molecule has 7 nitrogen and oxygen atoms in total. The van der Waals surface area contributed by atoms with Crippen LogP contribution in [0.25, 0.3) is 0 Å². The third-order valence-corrected chi connectivity index (χ3v) is 5.51. The molecule has 2 aliphatic rings. The number of nitrogens with zero attached hydrogens (tertiary/aromatic N) is 5. The molecule has 0 bridgehead atoms. The van der Waals surface area contributed by atoms with Gasteiger partial charge in [0.05, 0.1) is 17.9 Å². The van der Waals surface area contributed by atoms with Crippen molar-refractivity contribution in [3.8, 4) is 0 Å². The van der Waals surface area contributed by atoms with Gasteiger partial charge in [0.2, 0.25) is 5.91 Å². The van der Waals surface area contributed by atoms with E-state index in [-0.39, 0.29) is 5.91 Å². The summed E-state index contributed by atoms with van der Waals surface area (Å²) in [5.74, 6) is 0.839. The first-order chi connectivity index (χ1) is 13.1. The Morgan fingerprint density at radius 1 is 1.33 bits per heavy atom. The van der Waals surface area contributed by atoms with Gasteiger partial charge in [-0.15, -0.1) is 0 Å². The zero-order valence-corrected chi connectivity index (χ0v) is 16.3. The minimum Gasteiger partial charge on any atom is -0.356 e. The van der Waals surface area contributed by atoms with Crippen LogP contribution in [0, 0.1) is 5.92 Å². The standard InChI is InChI=1S/C20H30N6O/c1-15(2)25-12-17(10-23-25)11-24-13-18(26-19(14-24)6-8-22-26)5-7-21-20(27)9-16-3-4-16/h6,8,10,12,15-16,18H,3-5,7,9,11,13-14H2,1-2H3,(H,21,27). The number of carbonyl (C=O) groups is 1. The maximum atomic E-state index is 11.9. The topological polar surface area (TPSA) is 68.0 Å². The van der Waals surface area contributed by atoms with Gasteiger partial charge in [-0.25, -0.2) is 0 Å². The molecule has 0 spiro atoms. The molecular weight excluding hydrogens is 340 g/mol. The van der Waals surface area contributed by atoms with E-state index in [1.807, 2.05) is 17.1 Å². The van der Waals surface area contributed by atoms with Crippen molar-refractivity contribution in [1.82, 2.24) is 29.8 Å². The van der Waals surface area contributed by atoms with E-state index in [1.54, 1.807) is 0 Å². The van der Waals surface area contributed by atoms with Crippen molar-refractivity contribution in [2.75, 3.05) is 13.1 Å². The van der Waals surface area contributed by atoms with E-state index in [1.165, 1.54) is 24.1 Å². The average molecular weight is 371 g/mol. The molecule has 0 aromatic carbocycles. The molecule has 1 atom stereocenters. The quantitative estimate of drug-likeness (QED) is 0.775. The van der Waals surface area contributed by atoms with Crippen LogP contribution >= 0.6 is 0 Å². The van der Waals surface area contributed by atoms with Gasteiger partial charge in [-0.2, -0.15) is 10.2 Å². The van der Waals surface area contributed by atoms with Crippen LogP contribution in [0.4, 0.5) is 0 Å². The zero-order valence-electron chi connectivity index (χ0n) is 16.3. The summed E-state index contributed by atoms with van der Waals surface area (Å²) in [6.07, 6.45) is 10.0. The lowest BCUT2D eigenvalue weighted by Crippen LogP contribution is -2.38. The second-order valence-electron chi connectivity index (χ2n) is 8.30. The molecule has 0 radical (unpaired) electrons. The fourth-order valence-corrected chi connectivity index (χ4v) is 3.83. The molecule has 27 heavy (non-hydrogen) atoms. The van der Waals surface area contributed by atoms with E-state index < -0.39 is 0 Å². The SMILES string of the molecule is CC(C)n1cc(CN2Cc3ccnn3C(CCNC(=O)CC3CC3)C2)cn1. The van der Waals surface area contributed by atoms with Crippen LogP contribution in [-0.4, -0.2) is 43.5 Å². The highest BCUT2D eigenvalue weighted by molar-refractivity contribution is 5.76. The Morgan fingerprint density at radius 2 is 2.19 bits per heavy atom. The van der Waals surface area contributed by atoms with Crippen LogP contribution in [0.1, 0.15) is 62.9 Å². The summed E-state index contributed by atoms with van der Waals surface area (Å²) >= 11 is 0. The van der Waals surface area contributed by atoms with Crippen molar-refractivity contribution >= 4 is 5.91 Å². The van der Waals surface area contributed by atoms with Gasteiger partial charge in [-0.3, -0.25) is 19.1 Å². The van der Waals surface area contributed by atoms with Crippen molar-refractivity contribution in [2.45, 2.75) is 64.7 Å². The Balaban J connectivity index is 1.34. The maximum Gasteiger partial charge on any atom is 0.220 e. The molecule has 3 heterocycles. The Morgan fingerprint density at radius 3 is 2.93 bits per heavy atom. The predicted octanol–water partition coefficient (Wildman–Crippen LogP) is 2.52. The highest BCUT2D eigenvalue weighted by Crippen LogP contribution is 2.32. The number of fused-ring (bicyclic) bond motifs is 1. The molecule has 1 N–H and O–H groups in total. The molecular formula is C20H30N6O. The second-order valence-corrected chi connectivity index (χ2v) is 8.30. The van der Waals surface area contributed by atoms with E-state index in [0.29, 0.717) is 31.0 Å². The number of rotatable bonds is 8. The van der Waals surface area contributed by atoms with E-state index >= 15 is 0 Å². The van der Waals surface area contributed by atoms with Crippen molar-refractivity contribution < 1.29 is 4.79 Å². The van der Waals surface area contributed by atoms with E-state index in [0.717, 1.165) is 26.1 Å². The van der Waals surface area contributed by atoms with Crippen molar-refractivity contribution in [1.29, 1.82) is 0 Å². The van der Waals surface area contributed by atoms with Gasteiger partial charge in [-0.1, -0.05) is 0 Å². The Bertz CT molecular complexity index is 775. The molecule has 146 valence electrons. The number of amides is 1. The lowest BCUT2D eigenvalue weighted by atomic mass is 10.1. The van der Waals surface area contributed by atoms with Crippen LogP contribution in [0.15, 0.2) is 24.7 Å². The lowest BCUT2D eigenvalue weighted by Gasteiger charge is -2.33. The summed E-state index contributed by atoms with van der Waals surface area (Å²) in [6, 6.07) is 2.78. The molecule has 0 saturated heterocycles. The van der Waals surface area contributed by atoms with Gasteiger partial charge in [0.1, 0.15) is 0 Å². The Labute approximate surface area is 160 Å². The van der Waals surface area contributed by atoms with Crippen LogP contribution in [0.3, 0.4) is 0 Å². The molecule has 4 rings (SSSR count). The summed E-state index contributed by atoms with van der Waals surface area (Å²) in [7, 11) is 0. The van der Waals surface area contributed by atoms with Crippen LogP contribution in [0.2, 0.25) is 0 Å². The predicted molar refractivity (Wildman–Crippen MR) is 103 cm³/mol.